The molecule has 1 N–H and O–H groups in total. The van der Waals surface area contributed by atoms with Crippen molar-refractivity contribution in [1.29, 1.82) is 0 Å². The minimum absolute atomic E-state index is 0.170. The Morgan fingerprint density at radius 3 is 2.91 bits per heavy atom. The van der Waals surface area contributed by atoms with Gasteiger partial charge in [0.15, 0.2) is 17.3 Å². The number of carbonyl (C=O) groups is 1. The molecule has 1 aliphatic rings. The zero-order valence-electron chi connectivity index (χ0n) is 11.9. The van der Waals surface area contributed by atoms with Crippen LogP contribution in [0.3, 0.4) is 0 Å². The van der Waals surface area contributed by atoms with Gasteiger partial charge < -0.3 is 14.8 Å². The molecule has 4 nitrogen and oxygen atoms in total. The van der Waals surface area contributed by atoms with Gasteiger partial charge in [-0.05, 0) is 37.3 Å². The van der Waals surface area contributed by atoms with Crippen LogP contribution < -0.4 is 14.8 Å². The molecule has 2 aromatic rings. The minimum atomic E-state index is -0.291. The van der Waals surface area contributed by atoms with Crippen molar-refractivity contribution >= 4 is 11.5 Å². The summed E-state index contributed by atoms with van der Waals surface area (Å²) in [6.07, 6.45) is 2.89. The zero-order valence-corrected chi connectivity index (χ0v) is 11.9. The first-order chi connectivity index (χ1) is 10.6. The molecule has 0 amide bonds. The summed E-state index contributed by atoms with van der Waals surface area (Å²) in [7, 11) is 0. The average molecular weight is 299 g/mol. The molecule has 0 spiro atoms. The summed E-state index contributed by atoms with van der Waals surface area (Å²) in [5.41, 5.74) is 1.62. The summed E-state index contributed by atoms with van der Waals surface area (Å²) in [6.45, 7) is 1.84. The molecule has 0 bridgehead atoms. The van der Waals surface area contributed by atoms with Gasteiger partial charge in [-0.1, -0.05) is 6.07 Å². The Morgan fingerprint density at radius 1 is 1.23 bits per heavy atom. The molecule has 0 saturated carbocycles. The average Bonchev–Trinajstić information content (AvgIpc) is 2.98. The summed E-state index contributed by atoms with van der Waals surface area (Å²) >= 11 is 0. The molecule has 112 valence electrons. The van der Waals surface area contributed by atoms with Gasteiger partial charge in [0.05, 0.1) is 0 Å². The molecule has 0 radical (unpaired) electrons. The van der Waals surface area contributed by atoms with Gasteiger partial charge in [-0.25, -0.2) is 4.39 Å². The molecule has 0 atom stereocenters. The number of nitrogens with one attached hydrogen (secondary N) is 1. The van der Waals surface area contributed by atoms with Crippen molar-refractivity contribution in [3.8, 4) is 11.5 Å². The third kappa shape index (κ3) is 2.79. The van der Waals surface area contributed by atoms with E-state index in [0.29, 0.717) is 28.3 Å². The van der Waals surface area contributed by atoms with Gasteiger partial charge in [-0.3, -0.25) is 4.79 Å². The van der Waals surface area contributed by atoms with Crippen molar-refractivity contribution in [2.75, 3.05) is 12.1 Å². The standard InChI is InChI=1S/C17H14FNO3/c1-11-13(18)3-2-4-14(11)19-8-7-15(20)12-5-6-16-17(9-12)22-10-21-16/h2-9,19H,10H2,1H3. The number of fused-ring (bicyclic) bond motifs is 1. The van der Waals surface area contributed by atoms with Crippen LogP contribution in [0.2, 0.25) is 0 Å². The number of anilines is 1. The second-order valence-corrected chi connectivity index (χ2v) is 4.82. The summed E-state index contributed by atoms with van der Waals surface area (Å²) in [6, 6.07) is 9.76. The summed E-state index contributed by atoms with van der Waals surface area (Å²) in [5.74, 6) is 0.725. The van der Waals surface area contributed by atoms with Crippen LogP contribution in [0.5, 0.6) is 11.5 Å². The van der Waals surface area contributed by atoms with Crippen LogP contribution in [0.25, 0.3) is 0 Å². The lowest BCUT2D eigenvalue weighted by Crippen LogP contribution is -1.98. The number of ketones is 1. The van der Waals surface area contributed by atoms with E-state index in [-0.39, 0.29) is 18.4 Å². The largest absolute Gasteiger partial charge is 0.454 e. The fourth-order valence-electron chi connectivity index (χ4n) is 2.12. The van der Waals surface area contributed by atoms with E-state index >= 15 is 0 Å². The Labute approximate surface area is 127 Å². The van der Waals surface area contributed by atoms with Crippen LogP contribution in [-0.2, 0) is 0 Å². The number of ether oxygens (including phenoxy) is 2. The molecule has 0 fully saturated rings. The SMILES string of the molecule is Cc1c(F)cccc1NC=CC(=O)c1ccc2c(c1)OCO2. The van der Waals surface area contributed by atoms with Gasteiger partial charge in [-0.15, -0.1) is 0 Å². The number of hydrogen-bond donors (Lipinski definition) is 1. The first kappa shape index (κ1) is 14.1. The van der Waals surface area contributed by atoms with Crippen molar-refractivity contribution in [2.45, 2.75) is 6.92 Å². The van der Waals surface area contributed by atoms with Gasteiger partial charge in [-0.2, -0.15) is 0 Å². The molecular weight excluding hydrogens is 285 g/mol. The van der Waals surface area contributed by atoms with E-state index in [2.05, 4.69) is 5.32 Å². The Balaban J connectivity index is 1.70. The smallest absolute Gasteiger partial charge is 0.231 e. The van der Waals surface area contributed by atoms with E-state index in [1.807, 2.05) is 0 Å². The first-order valence-corrected chi connectivity index (χ1v) is 6.77. The first-order valence-electron chi connectivity index (χ1n) is 6.77. The second kappa shape index (κ2) is 5.89. The molecule has 1 heterocycles. The predicted molar refractivity (Wildman–Crippen MR) is 80.8 cm³/mol. The minimum Gasteiger partial charge on any atom is -0.454 e. The monoisotopic (exact) mass is 299 g/mol. The highest BCUT2D eigenvalue weighted by molar-refractivity contribution is 6.05. The van der Waals surface area contributed by atoms with Crippen molar-refractivity contribution in [2.24, 2.45) is 0 Å². The van der Waals surface area contributed by atoms with E-state index < -0.39 is 0 Å². The maximum atomic E-state index is 13.4. The van der Waals surface area contributed by atoms with Crippen molar-refractivity contribution < 1.29 is 18.7 Å². The van der Waals surface area contributed by atoms with Crippen LogP contribution >= 0.6 is 0 Å². The Morgan fingerprint density at radius 2 is 2.05 bits per heavy atom. The molecule has 3 rings (SSSR count). The van der Waals surface area contributed by atoms with Crippen LogP contribution in [0.15, 0.2) is 48.7 Å². The molecule has 1 aliphatic heterocycles. The Bertz CT molecular complexity index is 756. The molecule has 0 aromatic heterocycles. The van der Waals surface area contributed by atoms with E-state index in [1.165, 1.54) is 18.3 Å². The van der Waals surface area contributed by atoms with Crippen LogP contribution in [0, 0.1) is 12.7 Å². The molecular formula is C17H14FNO3. The van der Waals surface area contributed by atoms with Crippen molar-refractivity contribution in [3.63, 3.8) is 0 Å². The summed E-state index contributed by atoms with van der Waals surface area (Å²) in [4.78, 5) is 12.1. The van der Waals surface area contributed by atoms with Crippen LogP contribution in [-0.4, -0.2) is 12.6 Å². The fraction of sp³-hybridized carbons (Fsp3) is 0.118. The van der Waals surface area contributed by atoms with E-state index in [1.54, 1.807) is 37.3 Å². The van der Waals surface area contributed by atoms with Gasteiger partial charge in [0.2, 0.25) is 6.79 Å². The van der Waals surface area contributed by atoms with Gasteiger partial charge >= 0.3 is 0 Å². The molecule has 5 heteroatoms. The normalized spacial score (nSPS) is 12.6. The number of hydrogen-bond acceptors (Lipinski definition) is 4. The summed E-state index contributed by atoms with van der Waals surface area (Å²) < 4.78 is 23.8. The molecule has 0 unspecified atom stereocenters. The van der Waals surface area contributed by atoms with Crippen molar-refractivity contribution in [3.05, 3.63) is 65.6 Å². The number of benzene rings is 2. The van der Waals surface area contributed by atoms with Crippen LogP contribution in [0.1, 0.15) is 15.9 Å². The maximum absolute atomic E-state index is 13.4. The lowest BCUT2D eigenvalue weighted by Gasteiger charge is -2.05. The van der Waals surface area contributed by atoms with Crippen molar-refractivity contribution in [1.82, 2.24) is 0 Å². The predicted octanol–water partition coefficient (Wildman–Crippen LogP) is 3.67. The van der Waals surface area contributed by atoms with Gasteiger partial charge in [0.25, 0.3) is 0 Å². The Hall–Kier alpha value is -2.82. The molecule has 0 saturated heterocycles. The number of carbonyl (C=O) groups excluding carboxylic acids is 1. The lowest BCUT2D eigenvalue weighted by atomic mass is 10.1. The second-order valence-electron chi connectivity index (χ2n) is 4.82. The number of halogens is 1. The van der Waals surface area contributed by atoms with Gasteiger partial charge in [0, 0.05) is 29.1 Å². The lowest BCUT2D eigenvalue weighted by molar-refractivity contribution is 0.104. The highest BCUT2D eigenvalue weighted by atomic mass is 19.1. The molecule has 2 aromatic carbocycles. The number of rotatable bonds is 4. The topological polar surface area (TPSA) is 47.6 Å². The van der Waals surface area contributed by atoms with E-state index in [4.69, 9.17) is 9.47 Å². The fourth-order valence-corrected chi connectivity index (χ4v) is 2.12. The summed E-state index contributed by atoms with van der Waals surface area (Å²) in [5, 5.41) is 2.91. The number of allylic oxidation sites excluding steroid dienone is 1. The maximum Gasteiger partial charge on any atom is 0.231 e. The van der Waals surface area contributed by atoms with E-state index in [0.717, 1.165) is 0 Å². The zero-order chi connectivity index (χ0) is 15.5. The third-order valence-electron chi connectivity index (χ3n) is 3.40. The highest BCUT2D eigenvalue weighted by Gasteiger charge is 2.15. The quantitative estimate of drug-likeness (QED) is 0.691. The Kier molecular flexibility index (Phi) is 3.78. The highest BCUT2D eigenvalue weighted by Crippen LogP contribution is 2.32. The third-order valence-corrected chi connectivity index (χ3v) is 3.40. The molecule has 22 heavy (non-hydrogen) atoms. The van der Waals surface area contributed by atoms with E-state index in [9.17, 15) is 9.18 Å². The van der Waals surface area contributed by atoms with Gasteiger partial charge in [0.1, 0.15) is 5.82 Å². The molecule has 0 aliphatic carbocycles. The van der Waals surface area contributed by atoms with Crippen LogP contribution in [0.4, 0.5) is 10.1 Å².